The van der Waals surface area contributed by atoms with E-state index in [9.17, 15) is 4.79 Å². The number of hydrogen-bond acceptors (Lipinski definition) is 2. The number of Topliss-reactive ketones (excluding diaryl/α,β-unsaturated/α-hetero) is 1. The van der Waals surface area contributed by atoms with Crippen molar-refractivity contribution in [3.8, 4) is 0 Å². The molecule has 1 saturated heterocycles. The van der Waals surface area contributed by atoms with Crippen molar-refractivity contribution in [2.24, 2.45) is 5.92 Å². The second-order valence-electron chi connectivity index (χ2n) is 7.35. The molecule has 2 nitrogen and oxygen atoms in total. The molecule has 0 bridgehead atoms. The summed E-state index contributed by atoms with van der Waals surface area (Å²) in [4.78, 5) is 15.7. The van der Waals surface area contributed by atoms with Crippen LogP contribution in [0.25, 0.3) is 0 Å². The maximum absolute atomic E-state index is 13.4. The number of likely N-dealkylation sites (tertiary alicyclic amines) is 1. The van der Waals surface area contributed by atoms with E-state index >= 15 is 0 Å². The van der Waals surface area contributed by atoms with E-state index in [-0.39, 0.29) is 68.4 Å². The molecule has 1 aliphatic heterocycles. The van der Waals surface area contributed by atoms with Gasteiger partial charge in [-0.15, -0.1) is 0 Å². The van der Waals surface area contributed by atoms with Gasteiger partial charge in [0.1, 0.15) is 0 Å². The van der Waals surface area contributed by atoms with Gasteiger partial charge in [-0.25, -0.2) is 0 Å². The Balaban J connectivity index is 0.00000160. The molecular weight excluding hydrogens is 646 g/mol. The van der Waals surface area contributed by atoms with E-state index in [4.69, 9.17) is 11.6 Å². The van der Waals surface area contributed by atoms with Gasteiger partial charge in [-0.2, -0.15) is 0 Å². The van der Waals surface area contributed by atoms with Crippen LogP contribution in [0.1, 0.15) is 33.9 Å². The van der Waals surface area contributed by atoms with Crippen molar-refractivity contribution >= 4 is 17.4 Å². The van der Waals surface area contributed by atoms with Gasteiger partial charge in [-0.1, -0.05) is 90.5 Å². The Kier molecular flexibility index (Phi) is 9.74. The van der Waals surface area contributed by atoms with Crippen LogP contribution in [0.2, 0.25) is 5.02 Å². The number of ketones is 1. The Morgan fingerprint density at radius 1 is 0.933 bits per heavy atom. The van der Waals surface area contributed by atoms with E-state index < -0.39 is 0 Å². The largest absolute Gasteiger partial charge is 1.00 e. The molecular formula is C25H23BrClHgNO. The Hall–Kier alpha value is -1.00. The van der Waals surface area contributed by atoms with Gasteiger partial charge in [0.25, 0.3) is 0 Å². The molecule has 3 atom stereocenters. The number of nitrogens with zero attached hydrogens (tertiary/aromatic N) is 1. The zero-order chi connectivity index (χ0) is 19.5. The monoisotopic (exact) mass is 669 g/mol. The minimum Gasteiger partial charge on any atom is -1.00 e. The van der Waals surface area contributed by atoms with Crippen molar-refractivity contribution in [1.29, 1.82) is 0 Å². The van der Waals surface area contributed by atoms with Crippen LogP contribution in [0.3, 0.4) is 0 Å². The number of carbonyl (C=O) groups excluding carboxylic acids is 1. The van der Waals surface area contributed by atoms with Gasteiger partial charge in [0.05, 0.1) is 0 Å². The van der Waals surface area contributed by atoms with Gasteiger partial charge in [-0.3, -0.25) is 9.69 Å². The van der Waals surface area contributed by atoms with Crippen molar-refractivity contribution in [3.63, 3.8) is 0 Å². The minimum absolute atomic E-state index is 0. The molecule has 0 unspecified atom stereocenters. The van der Waals surface area contributed by atoms with Crippen molar-refractivity contribution in [2.45, 2.75) is 25.0 Å². The van der Waals surface area contributed by atoms with Crippen LogP contribution in [0.4, 0.5) is 0 Å². The summed E-state index contributed by atoms with van der Waals surface area (Å²) in [6, 6.07) is 27.7. The van der Waals surface area contributed by atoms with Crippen LogP contribution in [0.5, 0.6) is 0 Å². The van der Waals surface area contributed by atoms with Crippen LogP contribution in [-0.2, 0) is 34.2 Å². The summed E-state index contributed by atoms with van der Waals surface area (Å²) in [5.41, 5.74) is 2.96. The first kappa shape index (κ1) is 25.3. The van der Waals surface area contributed by atoms with E-state index in [2.05, 4.69) is 24.0 Å². The molecule has 0 aliphatic carbocycles. The molecule has 0 spiro atoms. The van der Waals surface area contributed by atoms with Crippen molar-refractivity contribution in [1.82, 2.24) is 4.90 Å². The predicted octanol–water partition coefficient (Wildman–Crippen LogP) is 2.99. The Bertz CT molecular complexity index is 954. The smallest absolute Gasteiger partial charge is 1.00 e. The Labute approximate surface area is 214 Å². The molecule has 1 fully saturated rings. The van der Waals surface area contributed by atoms with E-state index in [1.807, 2.05) is 72.8 Å². The SMILES string of the molecule is [Br-].[CH2][C@@H]1C[C@H](C(=O)c2ccccc2)[C@H](c2ccccc2Cl)N1Cc1ccccc1.[Hg+]. The molecule has 2 radical (unpaired) electrons. The fourth-order valence-corrected chi connectivity index (χ4v) is 4.46. The zero-order valence-electron chi connectivity index (χ0n) is 16.8. The van der Waals surface area contributed by atoms with Crippen LogP contribution < -0.4 is 17.0 Å². The van der Waals surface area contributed by atoms with Crippen LogP contribution in [-0.4, -0.2) is 16.7 Å². The van der Waals surface area contributed by atoms with Gasteiger partial charge in [-0.05, 0) is 30.5 Å². The normalized spacial score (nSPS) is 20.8. The van der Waals surface area contributed by atoms with Crippen LogP contribution in [0, 0.1) is 12.8 Å². The Morgan fingerprint density at radius 3 is 2.13 bits per heavy atom. The number of rotatable bonds is 5. The second-order valence-corrected chi connectivity index (χ2v) is 7.76. The first-order valence-corrected chi connectivity index (χ1v) is 9.99. The fourth-order valence-electron chi connectivity index (χ4n) is 4.21. The van der Waals surface area contributed by atoms with Gasteiger partial charge in [0.15, 0.2) is 5.78 Å². The fraction of sp³-hybridized carbons (Fsp3) is 0.200. The van der Waals surface area contributed by atoms with Gasteiger partial charge < -0.3 is 17.0 Å². The van der Waals surface area contributed by atoms with Crippen LogP contribution >= 0.6 is 11.6 Å². The first-order chi connectivity index (χ1) is 13.6. The summed E-state index contributed by atoms with van der Waals surface area (Å²) in [6.07, 6.45) is 0.719. The summed E-state index contributed by atoms with van der Waals surface area (Å²) in [6.45, 7) is 5.12. The predicted molar refractivity (Wildman–Crippen MR) is 114 cm³/mol. The number of benzene rings is 3. The number of hydrogen-bond donors (Lipinski definition) is 0. The first-order valence-electron chi connectivity index (χ1n) is 9.61. The van der Waals surface area contributed by atoms with Crippen molar-refractivity contribution in [2.75, 3.05) is 0 Å². The average Bonchev–Trinajstić information content (AvgIpc) is 3.05. The molecule has 3 aromatic rings. The standard InChI is InChI=1S/C25H23ClNO.BrH.Hg/c1-18-16-22(25(28)20-12-6-3-7-13-20)24(21-14-8-9-15-23(21)26)27(18)17-19-10-4-2-5-11-19;;/h2-15,18,22,24H,1,16-17H2;1H;/q;;+1/p-1/t18-,22+,24+;;/m1../s1. The van der Waals surface area contributed by atoms with E-state index in [1.165, 1.54) is 5.56 Å². The number of carbonyl (C=O) groups is 1. The summed E-state index contributed by atoms with van der Waals surface area (Å²) in [5, 5.41) is 0.700. The van der Waals surface area contributed by atoms with Crippen molar-refractivity contribution in [3.05, 3.63) is 114 Å². The molecule has 3 aromatic carbocycles. The molecule has 0 saturated carbocycles. The molecule has 5 heteroatoms. The van der Waals surface area contributed by atoms with E-state index in [1.54, 1.807) is 0 Å². The van der Waals surface area contributed by atoms with Gasteiger partial charge >= 0.3 is 27.7 Å². The zero-order valence-corrected chi connectivity index (χ0v) is 24.6. The maximum atomic E-state index is 13.4. The third-order valence-electron chi connectivity index (χ3n) is 5.56. The van der Waals surface area contributed by atoms with E-state index in [0.717, 1.165) is 24.1 Å². The molecule has 0 N–H and O–H groups in total. The van der Waals surface area contributed by atoms with Gasteiger partial charge in [0.2, 0.25) is 0 Å². The molecule has 0 amide bonds. The summed E-state index contributed by atoms with van der Waals surface area (Å²) >= 11 is 6.58. The molecule has 0 aromatic heterocycles. The quantitative estimate of drug-likeness (QED) is 0.308. The Morgan fingerprint density at radius 2 is 1.50 bits per heavy atom. The third kappa shape index (κ3) is 5.42. The minimum atomic E-state index is -0.173. The number of halogens is 2. The average molecular weight is 669 g/mol. The van der Waals surface area contributed by atoms with Gasteiger partial charge in [0, 0.05) is 35.1 Å². The molecule has 1 heterocycles. The summed E-state index contributed by atoms with van der Waals surface area (Å²) < 4.78 is 0. The molecule has 4 rings (SSSR count). The molecule has 1 aliphatic rings. The van der Waals surface area contributed by atoms with E-state index in [0.29, 0.717) is 5.02 Å². The topological polar surface area (TPSA) is 20.3 Å². The van der Waals surface area contributed by atoms with Crippen molar-refractivity contribution < 1.29 is 49.4 Å². The third-order valence-corrected chi connectivity index (χ3v) is 5.90. The second kappa shape index (κ2) is 11.6. The summed E-state index contributed by atoms with van der Waals surface area (Å²) in [5.74, 6) is -0.0109. The maximum Gasteiger partial charge on any atom is 1.00 e. The molecule has 30 heavy (non-hydrogen) atoms. The molecule has 150 valence electrons. The van der Waals surface area contributed by atoms with Crippen LogP contribution in [0.15, 0.2) is 84.9 Å². The summed E-state index contributed by atoms with van der Waals surface area (Å²) in [7, 11) is 0.